The smallest absolute Gasteiger partial charge is 0.227 e. The number of ether oxygens (including phenoxy) is 3. The van der Waals surface area contributed by atoms with Crippen molar-refractivity contribution in [3.8, 4) is 5.75 Å². The molecule has 1 aromatic carbocycles. The first-order valence-electron chi connectivity index (χ1n) is 7.82. The Balaban J connectivity index is 1.64. The molecular formula is C17H22FNO4. The predicted molar refractivity (Wildman–Crippen MR) is 82.0 cm³/mol. The Labute approximate surface area is 135 Å². The molecule has 2 aliphatic heterocycles. The molecule has 2 atom stereocenters. The second kappa shape index (κ2) is 6.45. The monoisotopic (exact) mass is 323 g/mol. The number of hydrogen-bond acceptors (Lipinski definition) is 4. The van der Waals surface area contributed by atoms with E-state index in [-0.39, 0.29) is 29.9 Å². The van der Waals surface area contributed by atoms with Gasteiger partial charge < -0.3 is 19.1 Å². The van der Waals surface area contributed by atoms with Gasteiger partial charge in [-0.25, -0.2) is 4.39 Å². The maximum absolute atomic E-state index is 13.2. The molecule has 126 valence electrons. The summed E-state index contributed by atoms with van der Waals surface area (Å²) >= 11 is 0. The fourth-order valence-electron chi connectivity index (χ4n) is 3.44. The van der Waals surface area contributed by atoms with E-state index >= 15 is 0 Å². The van der Waals surface area contributed by atoms with E-state index in [0.29, 0.717) is 31.0 Å². The highest BCUT2D eigenvalue weighted by molar-refractivity contribution is 5.80. The van der Waals surface area contributed by atoms with Crippen molar-refractivity contribution in [3.63, 3.8) is 0 Å². The van der Waals surface area contributed by atoms with Crippen LogP contribution in [-0.4, -0.2) is 56.4 Å². The van der Waals surface area contributed by atoms with Gasteiger partial charge in [-0.2, -0.15) is 0 Å². The summed E-state index contributed by atoms with van der Waals surface area (Å²) in [7, 11) is 3.16. The lowest BCUT2D eigenvalue weighted by Gasteiger charge is -2.23. The van der Waals surface area contributed by atoms with Crippen molar-refractivity contribution in [2.45, 2.75) is 31.0 Å². The molecule has 3 rings (SSSR count). The zero-order valence-electron chi connectivity index (χ0n) is 13.5. The highest BCUT2D eigenvalue weighted by Gasteiger charge is 2.46. The fourth-order valence-corrected chi connectivity index (χ4v) is 3.44. The van der Waals surface area contributed by atoms with Gasteiger partial charge in [0.2, 0.25) is 5.91 Å². The van der Waals surface area contributed by atoms with Gasteiger partial charge in [0.05, 0.1) is 31.8 Å². The first-order valence-corrected chi connectivity index (χ1v) is 7.82. The van der Waals surface area contributed by atoms with E-state index in [0.717, 1.165) is 12.8 Å². The van der Waals surface area contributed by atoms with Gasteiger partial charge in [0, 0.05) is 38.2 Å². The Hall–Kier alpha value is -1.66. The van der Waals surface area contributed by atoms with Crippen LogP contribution in [0.4, 0.5) is 4.39 Å². The minimum Gasteiger partial charge on any atom is -0.496 e. The minimum absolute atomic E-state index is 0.0104. The summed E-state index contributed by atoms with van der Waals surface area (Å²) in [6.07, 6.45) is 1.97. The van der Waals surface area contributed by atoms with E-state index in [1.807, 2.05) is 4.90 Å². The molecule has 5 nitrogen and oxygen atoms in total. The number of nitrogens with zero attached hydrogens (tertiary/aromatic N) is 1. The normalized spacial score (nSPS) is 26.9. The summed E-state index contributed by atoms with van der Waals surface area (Å²) < 4.78 is 29.7. The third-order valence-corrected chi connectivity index (χ3v) is 4.77. The fraction of sp³-hybridized carbons (Fsp3) is 0.588. The molecule has 0 aromatic heterocycles. The molecule has 0 unspecified atom stereocenters. The molecule has 0 N–H and O–H groups in total. The van der Waals surface area contributed by atoms with Crippen molar-refractivity contribution in [2.75, 3.05) is 33.9 Å². The molecule has 1 amide bonds. The molecule has 2 saturated heterocycles. The van der Waals surface area contributed by atoms with Crippen LogP contribution in [-0.2, 0) is 20.7 Å². The number of halogens is 1. The maximum Gasteiger partial charge on any atom is 0.227 e. The molecule has 1 aromatic rings. The van der Waals surface area contributed by atoms with E-state index in [2.05, 4.69) is 0 Å². The number of carbonyl (C=O) groups excluding carboxylic acids is 1. The summed E-state index contributed by atoms with van der Waals surface area (Å²) in [6, 6.07) is 4.25. The summed E-state index contributed by atoms with van der Waals surface area (Å²) in [5, 5.41) is 0. The number of rotatable bonds is 4. The molecule has 23 heavy (non-hydrogen) atoms. The molecule has 0 bridgehead atoms. The molecule has 6 heteroatoms. The number of amides is 1. The van der Waals surface area contributed by atoms with E-state index in [1.54, 1.807) is 13.2 Å². The van der Waals surface area contributed by atoms with Crippen LogP contribution in [0, 0.1) is 5.82 Å². The first-order chi connectivity index (χ1) is 11.0. The average Bonchev–Trinajstić information content (AvgIpc) is 3.16. The van der Waals surface area contributed by atoms with E-state index in [4.69, 9.17) is 14.2 Å². The largest absolute Gasteiger partial charge is 0.496 e. The first kappa shape index (κ1) is 16.2. The molecule has 0 radical (unpaired) electrons. The number of likely N-dealkylation sites (tertiary alicyclic amines) is 1. The van der Waals surface area contributed by atoms with Gasteiger partial charge in [-0.15, -0.1) is 0 Å². The van der Waals surface area contributed by atoms with Crippen LogP contribution in [0.2, 0.25) is 0 Å². The highest BCUT2D eigenvalue weighted by atomic mass is 19.1. The quantitative estimate of drug-likeness (QED) is 0.847. The molecule has 0 saturated carbocycles. The Morgan fingerprint density at radius 1 is 1.48 bits per heavy atom. The van der Waals surface area contributed by atoms with Crippen LogP contribution < -0.4 is 4.74 Å². The van der Waals surface area contributed by atoms with Crippen LogP contribution in [0.1, 0.15) is 18.4 Å². The lowest BCUT2D eigenvalue weighted by atomic mass is 9.98. The SMILES string of the molecule is COc1cc(F)ccc1CC(=O)N1CC[C@]2(C[C@@H](OC)CO2)C1. The number of carbonyl (C=O) groups is 1. The zero-order valence-corrected chi connectivity index (χ0v) is 13.5. The van der Waals surface area contributed by atoms with E-state index in [9.17, 15) is 9.18 Å². The molecule has 0 aliphatic carbocycles. The Morgan fingerprint density at radius 2 is 2.30 bits per heavy atom. The van der Waals surface area contributed by atoms with Crippen molar-refractivity contribution < 1.29 is 23.4 Å². The minimum atomic E-state index is -0.372. The van der Waals surface area contributed by atoms with Gasteiger partial charge in [-0.05, 0) is 12.5 Å². The van der Waals surface area contributed by atoms with Crippen LogP contribution in [0.15, 0.2) is 18.2 Å². The zero-order chi connectivity index (χ0) is 16.4. The Kier molecular flexibility index (Phi) is 4.55. The van der Waals surface area contributed by atoms with Gasteiger partial charge in [0.15, 0.2) is 0 Å². The van der Waals surface area contributed by atoms with E-state index < -0.39 is 0 Å². The number of hydrogen-bond donors (Lipinski definition) is 0. The maximum atomic E-state index is 13.2. The Morgan fingerprint density at radius 3 is 3.00 bits per heavy atom. The standard InChI is InChI=1S/C17H22FNO4/c1-21-14-9-17(23-10-14)5-6-19(11-17)16(20)7-12-3-4-13(18)8-15(12)22-2/h3-4,8,14H,5-7,9-11H2,1-2H3/t14-,17+/m1/s1. The highest BCUT2D eigenvalue weighted by Crippen LogP contribution is 2.36. The summed E-state index contributed by atoms with van der Waals surface area (Å²) in [4.78, 5) is 14.4. The van der Waals surface area contributed by atoms with Crippen molar-refractivity contribution in [1.29, 1.82) is 0 Å². The topological polar surface area (TPSA) is 48.0 Å². The third kappa shape index (κ3) is 3.33. The van der Waals surface area contributed by atoms with Gasteiger partial charge in [0.1, 0.15) is 11.6 Å². The molecular weight excluding hydrogens is 301 g/mol. The second-order valence-corrected chi connectivity index (χ2v) is 6.25. The summed E-state index contributed by atoms with van der Waals surface area (Å²) in [5.41, 5.74) is 0.436. The van der Waals surface area contributed by atoms with Crippen molar-refractivity contribution in [2.24, 2.45) is 0 Å². The van der Waals surface area contributed by atoms with Crippen molar-refractivity contribution in [3.05, 3.63) is 29.6 Å². The van der Waals surface area contributed by atoms with Crippen LogP contribution in [0.25, 0.3) is 0 Å². The van der Waals surface area contributed by atoms with Crippen LogP contribution in [0.5, 0.6) is 5.75 Å². The summed E-state index contributed by atoms with van der Waals surface area (Å²) in [5.74, 6) is 0.0446. The third-order valence-electron chi connectivity index (χ3n) is 4.77. The number of methoxy groups -OCH3 is 2. The van der Waals surface area contributed by atoms with Crippen LogP contribution >= 0.6 is 0 Å². The lowest BCUT2D eigenvalue weighted by molar-refractivity contribution is -0.130. The summed E-state index contributed by atoms with van der Waals surface area (Å²) in [6.45, 7) is 1.86. The average molecular weight is 323 g/mol. The molecule has 2 heterocycles. The van der Waals surface area contributed by atoms with Gasteiger partial charge in [-0.3, -0.25) is 4.79 Å². The van der Waals surface area contributed by atoms with Gasteiger partial charge in [-0.1, -0.05) is 6.07 Å². The van der Waals surface area contributed by atoms with Crippen molar-refractivity contribution in [1.82, 2.24) is 4.90 Å². The lowest BCUT2D eigenvalue weighted by Crippen LogP contribution is -2.36. The Bertz CT molecular complexity index is 594. The predicted octanol–water partition coefficient (Wildman–Crippen LogP) is 1.78. The number of benzene rings is 1. The van der Waals surface area contributed by atoms with Gasteiger partial charge >= 0.3 is 0 Å². The van der Waals surface area contributed by atoms with Crippen molar-refractivity contribution >= 4 is 5.91 Å². The molecule has 2 aliphatic rings. The van der Waals surface area contributed by atoms with Gasteiger partial charge in [0.25, 0.3) is 0 Å². The van der Waals surface area contributed by atoms with Crippen LogP contribution in [0.3, 0.4) is 0 Å². The second-order valence-electron chi connectivity index (χ2n) is 6.25. The van der Waals surface area contributed by atoms with E-state index in [1.165, 1.54) is 19.2 Å². The molecule has 1 spiro atoms. The molecule has 2 fully saturated rings.